The molecule has 1 heterocycles. The predicted molar refractivity (Wildman–Crippen MR) is 114 cm³/mol. The van der Waals surface area contributed by atoms with Gasteiger partial charge in [0.05, 0.1) is 24.5 Å². The molecule has 158 valence electrons. The zero-order chi connectivity index (χ0) is 21.8. The van der Waals surface area contributed by atoms with Gasteiger partial charge in [0.2, 0.25) is 11.8 Å². The average Bonchev–Trinajstić information content (AvgIpc) is 2.83. The maximum Gasteiger partial charge on any atom is 0.295 e. The Morgan fingerprint density at radius 3 is 2.21 bits per heavy atom. The van der Waals surface area contributed by atoms with Crippen molar-refractivity contribution in [3.63, 3.8) is 0 Å². The molecule has 1 aromatic heterocycles. The Morgan fingerprint density at radius 1 is 1.07 bits per heavy atom. The lowest BCUT2D eigenvalue weighted by Gasteiger charge is -2.24. The first-order valence-electron chi connectivity index (χ1n) is 9.70. The molecule has 1 aromatic carbocycles. The number of carbonyl (C=O) groups excluding carboxylic acids is 2. The van der Waals surface area contributed by atoms with Crippen LogP contribution in [0.4, 0.5) is 5.69 Å². The van der Waals surface area contributed by atoms with Crippen LogP contribution >= 0.6 is 0 Å². The van der Waals surface area contributed by atoms with Crippen molar-refractivity contribution in [2.45, 2.75) is 40.2 Å². The van der Waals surface area contributed by atoms with E-state index in [-0.39, 0.29) is 41.7 Å². The van der Waals surface area contributed by atoms with Crippen LogP contribution in [-0.2, 0) is 16.6 Å². The molecule has 0 saturated carbocycles. The van der Waals surface area contributed by atoms with Crippen molar-refractivity contribution >= 4 is 17.5 Å². The number of carbonyl (C=O) groups is 2. The molecule has 0 radical (unpaired) electrons. The van der Waals surface area contributed by atoms with E-state index >= 15 is 0 Å². The Bertz CT molecular complexity index is 922. The van der Waals surface area contributed by atoms with Crippen molar-refractivity contribution in [1.82, 2.24) is 19.6 Å². The molecule has 0 spiro atoms. The first-order chi connectivity index (χ1) is 13.5. The highest BCUT2D eigenvalue weighted by Crippen LogP contribution is 2.14. The Kier molecular flexibility index (Phi) is 7.02. The molecular weight excluding hydrogens is 370 g/mol. The summed E-state index contributed by atoms with van der Waals surface area (Å²) in [5, 5.41) is 5.61. The summed E-state index contributed by atoms with van der Waals surface area (Å²) in [6, 6.07) is 9.24. The summed E-state index contributed by atoms with van der Waals surface area (Å²) in [5.41, 5.74) is 0.996. The van der Waals surface area contributed by atoms with Crippen LogP contribution in [0.2, 0.25) is 0 Å². The van der Waals surface area contributed by atoms with Gasteiger partial charge in [-0.2, -0.15) is 0 Å². The highest BCUT2D eigenvalue weighted by molar-refractivity contribution is 5.93. The zero-order valence-corrected chi connectivity index (χ0v) is 18.1. The second-order valence-corrected chi connectivity index (χ2v) is 8.09. The molecule has 0 unspecified atom stereocenters. The standard InChI is InChI=1S/C21H31N5O3/c1-7-25(14-18(28)23-21(3,4)5)13-17(27)22-19-15(2)24(6)26(20(19)29)16-11-9-8-10-12-16/h8-12H,7,13-14H2,1-6H3,(H,22,27)(H,23,28). The van der Waals surface area contributed by atoms with E-state index < -0.39 is 0 Å². The van der Waals surface area contributed by atoms with Crippen LogP contribution in [0.15, 0.2) is 35.1 Å². The molecule has 0 aliphatic heterocycles. The van der Waals surface area contributed by atoms with E-state index in [1.54, 1.807) is 23.6 Å². The molecule has 0 aliphatic carbocycles. The van der Waals surface area contributed by atoms with E-state index in [4.69, 9.17) is 0 Å². The minimum absolute atomic E-state index is 0.0210. The van der Waals surface area contributed by atoms with Crippen LogP contribution in [0.1, 0.15) is 33.4 Å². The lowest BCUT2D eigenvalue weighted by molar-refractivity contribution is -0.124. The van der Waals surface area contributed by atoms with Crippen LogP contribution in [0.3, 0.4) is 0 Å². The SMILES string of the molecule is CCN(CC(=O)Nc1c(C)n(C)n(-c2ccccc2)c1=O)CC(=O)NC(C)(C)C. The Morgan fingerprint density at radius 2 is 1.66 bits per heavy atom. The second-order valence-electron chi connectivity index (χ2n) is 8.09. The molecule has 29 heavy (non-hydrogen) atoms. The van der Waals surface area contributed by atoms with Crippen molar-refractivity contribution < 1.29 is 9.59 Å². The maximum absolute atomic E-state index is 12.9. The summed E-state index contributed by atoms with van der Waals surface area (Å²) in [6.45, 7) is 10.1. The van der Waals surface area contributed by atoms with Gasteiger partial charge in [-0.25, -0.2) is 4.68 Å². The van der Waals surface area contributed by atoms with E-state index in [0.717, 1.165) is 5.69 Å². The number of amides is 2. The third-order valence-electron chi connectivity index (χ3n) is 4.51. The Labute approximate surface area is 171 Å². The van der Waals surface area contributed by atoms with Gasteiger partial charge in [0.1, 0.15) is 5.69 Å². The van der Waals surface area contributed by atoms with E-state index in [1.807, 2.05) is 58.0 Å². The number of nitrogens with zero attached hydrogens (tertiary/aromatic N) is 3. The third-order valence-corrected chi connectivity index (χ3v) is 4.51. The van der Waals surface area contributed by atoms with E-state index in [1.165, 1.54) is 4.68 Å². The number of benzene rings is 1. The minimum atomic E-state index is -0.332. The molecule has 0 atom stereocenters. The molecule has 2 rings (SSSR count). The largest absolute Gasteiger partial charge is 0.350 e. The summed E-state index contributed by atoms with van der Waals surface area (Å²) in [6.07, 6.45) is 0. The zero-order valence-electron chi connectivity index (χ0n) is 18.1. The van der Waals surface area contributed by atoms with Crippen molar-refractivity contribution in [2.75, 3.05) is 25.0 Å². The number of nitrogens with one attached hydrogen (secondary N) is 2. The summed E-state index contributed by atoms with van der Waals surface area (Å²) < 4.78 is 3.22. The van der Waals surface area contributed by atoms with E-state index in [2.05, 4.69) is 10.6 Å². The van der Waals surface area contributed by atoms with Gasteiger partial charge in [0.25, 0.3) is 5.56 Å². The molecule has 0 fully saturated rings. The van der Waals surface area contributed by atoms with Crippen molar-refractivity contribution in [2.24, 2.45) is 7.05 Å². The van der Waals surface area contributed by atoms with Gasteiger partial charge in [0.15, 0.2) is 0 Å². The lowest BCUT2D eigenvalue weighted by atomic mass is 10.1. The smallest absolute Gasteiger partial charge is 0.295 e. The van der Waals surface area contributed by atoms with Crippen LogP contribution in [0.5, 0.6) is 0 Å². The molecule has 8 heteroatoms. The third kappa shape index (κ3) is 5.80. The average molecular weight is 402 g/mol. The number of hydrogen-bond donors (Lipinski definition) is 2. The molecular formula is C21H31N5O3. The molecule has 8 nitrogen and oxygen atoms in total. The monoisotopic (exact) mass is 401 g/mol. The van der Waals surface area contributed by atoms with Crippen LogP contribution in [0, 0.1) is 6.92 Å². The first-order valence-corrected chi connectivity index (χ1v) is 9.70. The Balaban J connectivity index is 2.13. The number of hydrogen-bond acceptors (Lipinski definition) is 4. The van der Waals surface area contributed by atoms with Gasteiger partial charge >= 0.3 is 0 Å². The lowest BCUT2D eigenvalue weighted by Crippen LogP contribution is -2.47. The highest BCUT2D eigenvalue weighted by atomic mass is 16.2. The number of aromatic nitrogens is 2. The highest BCUT2D eigenvalue weighted by Gasteiger charge is 2.21. The van der Waals surface area contributed by atoms with Crippen molar-refractivity contribution in [1.29, 1.82) is 0 Å². The second kappa shape index (κ2) is 9.09. The molecule has 0 aliphatic rings. The normalized spacial score (nSPS) is 11.6. The fourth-order valence-corrected chi connectivity index (χ4v) is 3.03. The van der Waals surface area contributed by atoms with Crippen LogP contribution in [0.25, 0.3) is 5.69 Å². The quantitative estimate of drug-likeness (QED) is 0.739. The summed E-state index contributed by atoms with van der Waals surface area (Å²) in [5.74, 6) is -0.476. The van der Waals surface area contributed by atoms with Gasteiger partial charge < -0.3 is 10.6 Å². The number of anilines is 1. The fourth-order valence-electron chi connectivity index (χ4n) is 3.03. The Hall–Kier alpha value is -2.87. The van der Waals surface area contributed by atoms with Crippen molar-refractivity contribution in [3.05, 3.63) is 46.4 Å². The summed E-state index contributed by atoms with van der Waals surface area (Å²) in [4.78, 5) is 39.3. The van der Waals surface area contributed by atoms with E-state index in [9.17, 15) is 14.4 Å². The predicted octanol–water partition coefficient (Wildman–Crippen LogP) is 1.66. The van der Waals surface area contributed by atoms with Crippen molar-refractivity contribution in [3.8, 4) is 5.69 Å². The fraction of sp³-hybridized carbons (Fsp3) is 0.476. The van der Waals surface area contributed by atoms with Gasteiger partial charge in [-0.15, -0.1) is 0 Å². The molecule has 0 saturated heterocycles. The summed E-state index contributed by atoms with van der Waals surface area (Å²) in [7, 11) is 1.77. The minimum Gasteiger partial charge on any atom is -0.350 e. The number of likely N-dealkylation sites (N-methyl/N-ethyl adjacent to an activating group) is 1. The van der Waals surface area contributed by atoms with Crippen LogP contribution < -0.4 is 16.2 Å². The van der Waals surface area contributed by atoms with Gasteiger partial charge in [-0.05, 0) is 46.4 Å². The molecule has 2 N–H and O–H groups in total. The number of para-hydroxylation sites is 1. The van der Waals surface area contributed by atoms with Crippen LogP contribution in [-0.4, -0.2) is 51.3 Å². The molecule has 2 amide bonds. The maximum atomic E-state index is 12.9. The number of rotatable bonds is 7. The molecule has 2 aromatic rings. The van der Waals surface area contributed by atoms with Gasteiger partial charge in [0, 0.05) is 12.6 Å². The van der Waals surface area contributed by atoms with Gasteiger partial charge in [-0.3, -0.25) is 24.0 Å². The summed E-state index contributed by atoms with van der Waals surface area (Å²) >= 11 is 0. The van der Waals surface area contributed by atoms with E-state index in [0.29, 0.717) is 12.2 Å². The molecule has 0 bridgehead atoms. The van der Waals surface area contributed by atoms with Gasteiger partial charge in [-0.1, -0.05) is 25.1 Å². The first kappa shape index (κ1) is 22.4. The topological polar surface area (TPSA) is 88.4 Å².